The van der Waals surface area contributed by atoms with Crippen LogP contribution in [0.4, 0.5) is 0 Å². The van der Waals surface area contributed by atoms with Gasteiger partial charge in [-0.25, -0.2) is 0 Å². The molecule has 4 aliphatic heterocycles. The van der Waals surface area contributed by atoms with Crippen LogP contribution in [0.25, 0.3) is 0 Å². The van der Waals surface area contributed by atoms with Crippen molar-refractivity contribution in [1.29, 1.82) is 0 Å². The predicted octanol–water partition coefficient (Wildman–Crippen LogP) is 6.21. The quantitative estimate of drug-likeness (QED) is 0.218. The Hall–Kier alpha value is -7.22. The van der Waals surface area contributed by atoms with Crippen LogP contribution in [0.1, 0.15) is 106 Å². The minimum atomic E-state index is -0.829. The summed E-state index contributed by atoms with van der Waals surface area (Å²) in [7, 11) is 0. The van der Waals surface area contributed by atoms with Crippen molar-refractivity contribution in [2.24, 2.45) is 0 Å². The molecule has 0 saturated heterocycles. The van der Waals surface area contributed by atoms with E-state index in [0.717, 1.165) is 78.6 Å². The Bertz CT molecular complexity index is 2860. The van der Waals surface area contributed by atoms with Crippen LogP contribution in [-0.4, -0.2) is 72.5 Å². The Morgan fingerprint density at radius 1 is 0.667 bits per heavy atom. The molecule has 1 N–H and O–H groups in total. The fourth-order valence-corrected chi connectivity index (χ4v) is 9.86. The number of pyridine rings is 4. The largest absolute Gasteiger partial charge is 0.502 e. The molecule has 2 amide bonds. The third-order valence-corrected chi connectivity index (χ3v) is 13.1. The molecule has 0 spiro atoms. The summed E-state index contributed by atoms with van der Waals surface area (Å²) in [6.45, 7) is 3.50. The molecule has 10 rings (SSSR count). The van der Waals surface area contributed by atoms with Crippen LogP contribution >= 0.6 is 0 Å². The number of aromatic hydroxyl groups is 1. The van der Waals surface area contributed by atoms with Gasteiger partial charge in [-0.15, -0.1) is 0 Å². The molecule has 320 valence electrons. The number of amides is 2. The van der Waals surface area contributed by atoms with Crippen molar-refractivity contribution in [2.75, 3.05) is 36.4 Å². The van der Waals surface area contributed by atoms with Gasteiger partial charge in [0.05, 0.1) is 6.04 Å². The molecule has 14 nitrogen and oxygen atoms in total. The Balaban J connectivity index is 1.12. The summed E-state index contributed by atoms with van der Waals surface area (Å²) in [4.78, 5) is 68.9. The van der Waals surface area contributed by atoms with E-state index in [1.165, 1.54) is 18.3 Å². The number of benzene rings is 2. The number of hydrogen-bond acceptors (Lipinski definition) is 10. The first-order chi connectivity index (χ1) is 30.7. The van der Waals surface area contributed by atoms with Gasteiger partial charge in [0.1, 0.15) is 24.6 Å². The second-order valence-corrected chi connectivity index (χ2v) is 16.9. The average molecular weight is 845 g/mol. The lowest BCUT2D eigenvalue weighted by Crippen LogP contribution is -2.62. The van der Waals surface area contributed by atoms with Crippen molar-refractivity contribution in [2.45, 2.75) is 69.9 Å². The van der Waals surface area contributed by atoms with E-state index in [9.17, 15) is 24.3 Å². The number of aryl methyl sites for hydroxylation is 2. The molecule has 2 atom stereocenters. The van der Waals surface area contributed by atoms with Gasteiger partial charge in [-0.2, -0.15) is 0 Å². The zero-order valence-corrected chi connectivity index (χ0v) is 35.1. The maximum absolute atomic E-state index is 14.8. The van der Waals surface area contributed by atoms with Gasteiger partial charge in [0.2, 0.25) is 16.6 Å². The van der Waals surface area contributed by atoms with Crippen LogP contribution in [0.15, 0.2) is 125 Å². The van der Waals surface area contributed by atoms with Crippen LogP contribution in [0.5, 0.6) is 17.2 Å². The monoisotopic (exact) mass is 844 g/mol. The average Bonchev–Trinajstić information content (AvgIpc) is 3.35. The van der Waals surface area contributed by atoms with Crippen molar-refractivity contribution in [1.82, 2.24) is 29.1 Å². The first-order valence-electron chi connectivity index (χ1n) is 21.8. The number of carbonyl (C=O) groups is 2. The molecule has 63 heavy (non-hydrogen) atoms. The second-order valence-electron chi connectivity index (χ2n) is 16.9. The molecule has 4 aliphatic rings. The summed E-state index contributed by atoms with van der Waals surface area (Å²) < 4.78 is 10.1. The summed E-state index contributed by atoms with van der Waals surface area (Å²) in [6, 6.07) is 27.6. The van der Waals surface area contributed by atoms with E-state index < -0.39 is 34.1 Å². The first-order valence-corrected chi connectivity index (χ1v) is 21.8. The maximum Gasteiger partial charge on any atom is 0.277 e. The normalized spacial score (nSPS) is 20.0. The van der Waals surface area contributed by atoms with Gasteiger partial charge in [-0.1, -0.05) is 67.4 Å². The van der Waals surface area contributed by atoms with Gasteiger partial charge in [0.25, 0.3) is 11.8 Å². The Kier molecular flexibility index (Phi) is 10.3. The number of carbonyl (C=O) groups excluding carboxylic acids is 2. The van der Waals surface area contributed by atoms with Gasteiger partial charge in [-0.3, -0.25) is 48.5 Å². The van der Waals surface area contributed by atoms with Crippen LogP contribution in [-0.2, 0) is 18.4 Å². The van der Waals surface area contributed by atoms with Crippen LogP contribution in [0, 0.1) is 0 Å². The van der Waals surface area contributed by atoms with Crippen molar-refractivity contribution in [3.8, 4) is 17.2 Å². The van der Waals surface area contributed by atoms with Crippen LogP contribution in [0.2, 0.25) is 0 Å². The Morgan fingerprint density at radius 2 is 1.35 bits per heavy atom. The first kappa shape index (κ1) is 39.9. The molecule has 4 aromatic heterocycles. The molecule has 0 aliphatic carbocycles. The molecular formula is C49H48N8O6. The summed E-state index contributed by atoms with van der Waals surface area (Å²) in [5.74, 6) is -1.11. The van der Waals surface area contributed by atoms with Gasteiger partial charge in [-0.05, 0) is 80.8 Å². The number of hydrogen-bond donors (Lipinski definition) is 1. The van der Waals surface area contributed by atoms with Crippen molar-refractivity contribution >= 4 is 11.8 Å². The topological polar surface area (TPSA) is 146 Å². The van der Waals surface area contributed by atoms with Crippen LogP contribution in [0.3, 0.4) is 0 Å². The SMILES string of the molecule is C[C@@]1(c2ccccc2)c2cccnc2CCCCCN2CN1n1ccc(=O)c(Oc3cccc([C@@H]4c5cccnc5CCCCCN5CN4n4ccc(=O)c(O)c4C5=O)c3)c1C2=O. The van der Waals surface area contributed by atoms with Crippen molar-refractivity contribution < 1.29 is 19.4 Å². The molecule has 4 bridgehead atoms. The minimum Gasteiger partial charge on any atom is -0.502 e. The number of ether oxygens (including phenoxy) is 1. The zero-order valence-electron chi connectivity index (χ0n) is 35.1. The van der Waals surface area contributed by atoms with Gasteiger partial charge < -0.3 is 19.6 Å². The smallest absolute Gasteiger partial charge is 0.277 e. The van der Waals surface area contributed by atoms with E-state index in [0.29, 0.717) is 25.3 Å². The van der Waals surface area contributed by atoms with E-state index >= 15 is 0 Å². The summed E-state index contributed by atoms with van der Waals surface area (Å²) in [5.41, 5.74) is 3.59. The van der Waals surface area contributed by atoms with E-state index in [4.69, 9.17) is 14.7 Å². The third-order valence-electron chi connectivity index (χ3n) is 13.1. The number of rotatable bonds is 4. The second kappa shape index (κ2) is 16.2. The molecule has 0 saturated carbocycles. The summed E-state index contributed by atoms with van der Waals surface area (Å²) in [6.07, 6.45) is 13.4. The lowest BCUT2D eigenvalue weighted by atomic mass is 9.82. The highest BCUT2D eigenvalue weighted by molar-refractivity contribution is 5.97. The molecule has 14 heteroatoms. The fraction of sp³-hybridized carbons (Fsp3) is 0.306. The standard InChI is InChI=1S/C49H48N8O6/c1-49(34-15-5-2-6-16-34)37-19-13-25-51-39(37)21-8-4-10-27-53-32-57(49)55-29-23-41(59)46(44(55)48(53)62)63-35-17-11-14-33(30-35)42-36-18-12-24-50-38(36)20-7-3-9-26-52-31-56(42)54-28-22-40(58)45(60)43(54)47(52)61/h2,5-6,11-19,22-25,28-30,42,60H,3-4,7-10,20-21,26-27,31-32H2,1H3/t42-,49-/m1/s1. The summed E-state index contributed by atoms with van der Waals surface area (Å²) in [5, 5.41) is 15.2. The molecule has 0 unspecified atom stereocenters. The zero-order chi connectivity index (χ0) is 43.2. The predicted molar refractivity (Wildman–Crippen MR) is 236 cm³/mol. The molecule has 0 radical (unpaired) electrons. The highest BCUT2D eigenvalue weighted by Gasteiger charge is 2.45. The highest BCUT2D eigenvalue weighted by Crippen LogP contribution is 2.41. The number of nitrogens with zero attached hydrogens (tertiary/aromatic N) is 8. The molecule has 8 heterocycles. The lowest BCUT2D eigenvalue weighted by Gasteiger charge is -2.50. The number of fused-ring (bicyclic) bond motifs is 10. The van der Waals surface area contributed by atoms with E-state index in [-0.39, 0.29) is 36.4 Å². The molecular weight excluding hydrogens is 797 g/mol. The van der Waals surface area contributed by atoms with E-state index in [2.05, 4.69) is 30.1 Å². The van der Waals surface area contributed by atoms with E-state index in [1.54, 1.807) is 32.7 Å². The van der Waals surface area contributed by atoms with Crippen LogP contribution < -0.4 is 25.6 Å². The Morgan fingerprint density at radius 3 is 2.14 bits per heavy atom. The van der Waals surface area contributed by atoms with E-state index in [1.807, 2.05) is 70.7 Å². The third kappa shape index (κ3) is 6.89. The molecule has 2 aromatic carbocycles. The van der Waals surface area contributed by atoms with Gasteiger partial charge >= 0.3 is 0 Å². The summed E-state index contributed by atoms with van der Waals surface area (Å²) >= 11 is 0. The molecule has 0 fully saturated rings. The lowest BCUT2D eigenvalue weighted by molar-refractivity contribution is 0.0657. The highest BCUT2D eigenvalue weighted by atomic mass is 16.5. The van der Waals surface area contributed by atoms with Crippen molar-refractivity contribution in [3.05, 3.63) is 181 Å². The molecule has 6 aromatic rings. The van der Waals surface area contributed by atoms with Gasteiger partial charge in [0.15, 0.2) is 17.1 Å². The number of aromatic nitrogens is 4. The van der Waals surface area contributed by atoms with Gasteiger partial charge in [0, 0.05) is 72.5 Å². The van der Waals surface area contributed by atoms with Crippen molar-refractivity contribution in [3.63, 3.8) is 0 Å². The fourth-order valence-electron chi connectivity index (χ4n) is 9.86. The minimum absolute atomic E-state index is 0.0992. The maximum atomic E-state index is 14.8. The Labute approximate surface area is 364 Å².